The van der Waals surface area contributed by atoms with Gasteiger partial charge in [0, 0.05) is 17.5 Å². The van der Waals surface area contributed by atoms with Crippen LogP contribution in [0.15, 0.2) is 57.7 Å². The Labute approximate surface area is 124 Å². The summed E-state index contributed by atoms with van der Waals surface area (Å²) in [7, 11) is 0. The minimum atomic E-state index is -0.649. The molecule has 0 spiro atoms. The molecule has 0 saturated carbocycles. The van der Waals surface area contributed by atoms with Gasteiger partial charge in [-0.3, -0.25) is 10.1 Å². The Bertz CT molecular complexity index is 982. The number of non-ortho nitro benzene ring substituents is 1. The first-order valence-electron chi connectivity index (χ1n) is 6.32. The zero-order valence-corrected chi connectivity index (χ0v) is 11.1. The molecule has 3 aromatic rings. The molecule has 6 heteroatoms. The van der Waals surface area contributed by atoms with E-state index in [1.807, 2.05) is 6.07 Å². The second-order valence-electron chi connectivity index (χ2n) is 4.55. The summed E-state index contributed by atoms with van der Waals surface area (Å²) in [5, 5.41) is 20.6. The largest absolute Gasteiger partial charge is 0.422 e. The fourth-order valence-corrected chi connectivity index (χ4v) is 2.28. The predicted octanol–water partition coefficient (Wildman–Crippen LogP) is 3.24. The van der Waals surface area contributed by atoms with Crippen molar-refractivity contribution in [2.45, 2.75) is 0 Å². The van der Waals surface area contributed by atoms with E-state index in [4.69, 9.17) is 4.42 Å². The van der Waals surface area contributed by atoms with Crippen molar-refractivity contribution < 1.29 is 9.34 Å². The molecular formula is C16H8N2O4. The summed E-state index contributed by atoms with van der Waals surface area (Å²) in [6.45, 7) is 0. The number of para-hydroxylation sites is 1. The van der Waals surface area contributed by atoms with Gasteiger partial charge in [-0.05, 0) is 29.8 Å². The zero-order chi connectivity index (χ0) is 15.7. The first kappa shape index (κ1) is 13.5. The van der Waals surface area contributed by atoms with Crippen LogP contribution >= 0.6 is 0 Å². The topological polar surface area (TPSA) is 97.1 Å². The molecule has 0 aliphatic carbocycles. The van der Waals surface area contributed by atoms with Crippen molar-refractivity contribution in [3.8, 4) is 17.2 Å². The van der Waals surface area contributed by atoms with Crippen LogP contribution < -0.4 is 5.63 Å². The van der Waals surface area contributed by atoms with Crippen molar-refractivity contribution in [2.75, 3.05) is 0 Å². The first-order chi connectivity index (χ1) is 10.6. The fourth-order valence-electron chi connectivity index (χ4n) is 2.28. The lowest BCUT2D eigenvalue weighted by Gasteiger charge is -2.05. The lowest BCUT2D eigenvalue weighted by atomic mass is 9.99. The molecule has 0 aliphatic rings. The van der Waals surface area contributed by atoms with E-state index in [2.05, 4.69) is 0 Å². The predicted molar refractivity (Wildman–Crippen MR) is 79.3 cm³/mol. The van der Waals surface area contributed by atoms with Gasteiger partial charge < -0.3 is 4.42 Å². The molecule has 22 heavy (non-hydrogen) atoms. The zero-order valence-electron chi connectivity index (χ0n) is 11.1. The Morgan fingerprint density at radius 3 is 2.41 bits per heavy atom. The van der Waals surface area contributed by atoms with Gasteiger partial charge in [-0.15, -0.1) is 0 Å². The third kappa shape index (κ3) is 2.11. The van der Waals surface area contributed by atoms with Crippen LogP contribution in [0.5, 0.6) is 0 Å². The normalized spacial score (nSPS) is 10.3. The number of nitrogens with zero attached hydrogens (tertiary/aromatic N) is 2. The molecule has 3 rings (SSSR count). The van der Waals surface area contributed by atoms with E-state index in [1.54, 1.807) is 24.3 Å². The van der Waals surface area contributed by atoms with Crippen LogP contribution in [0, 0.1) is 21.4 Å². The molecule has 1 heterocycles. The van der Waals surface area contributed by atoms with Crippen LogP contribution in [0.2, 0.25) is 0 Å². The van der Waals surface area contributed by atoms with Crippen molar-refractivity contribution >= 4 is 16.7 Å². The third-order valence-corrected chi connectivity index (χ3v) is 3.29. The monoisotopic (exact) mass is 292 g/mol. The summed E-state index contributed by atoms with van der Waals surface area (Å²) < 4.78 is 5.23. The molecule has 1 aromatic heterocycles. The Morgan fingerprint density at radius 2 is 1.77 bits per heavy atom. The number of hydrogen-bond acceptors (Lipinski definition) is 5. The minimum absolute atomic E-state index is 0.0903. The first-order valence-corrected chi connectivity index (χ1v) is 6.32. The molecule has 6 nitrogen and oxygen atoms in total. The number of nitro groups is 1. The highest BCUT2D eigenvalue weighted by Crippen LogP contribution is 2.27. The van der Waals surface area contributed by atoms with Crippen molar-refractivity contribution in [3.05, 3.63) is 74.6 Å². The van der Waals surface area contributed by atoms with Crippen LogP contribution in [0.3, 0.4) is 0 Å². The number of nitro benzene ring substituents is 1. The maximum Gasteiger partial charge on any atom is 0.345 e. The van der Waals surface area contributed by atoms with E-state index in [0.717, 1.165) is 0 Å². The van der Waals surface area contributed by atoms with E-state index < -0.39 is 10.5 Å². The van der Waals surface area contributed by atoms with Crippen LogP contribution in [-0.4, -0.2) is 4.92 Å². The van der Waals surface area contributed by atoms with Crippen molar-refractivity contribution in [1.82, 2.24) is 0 Å². The Balaban J connectivity index is 2.31. The molecule has 0 unspecified atom stereocenters. The highest BCUT2D eigenvalue weighted by Gasteiger charge is 2.17. The standard InChI is InChI=1S/C16H8N2O4/c17-9-13-12-3-1-2-4-14(12)22-16(19)15(13)10-5-7-11(8-6-10)18(20)21/h1-8H. The molecule has 0 radical (unpaired) electrons. The smallest absolute Gasteiger partial charge is 0.345 e. The molecule has 0 saturated heterocycles. The fraction of sp³-hybridized carbons (Fsp3) is 0. The molecule has 0 bridgehead atoms. The third-order valence-electron chi connectivity index (χ3n) is 3.29. The maximum atomic E-state index is 12.2. The van der Waals surface area contributed by atoms with Gasteiger partial charge in [0.05, 0.1) is 16.1 Å². The molecule has 0 aliphatic heterocycles. The average molecular weight is 292 g/mol. The second kappa shape index (κ2) is 5.14. The Morgan fingerprint density at radius 1 is 1.09 bits per heavy atom. The highest BCUT2D eigenvalue weighted by atomic mass is 16.6. The minimum Gasteiger partial charge on any atom is -0.422 e. The summed E-state index contributed by atoms with van der Waals surface area (Å²) in [6.07, 6.45) is 0. The van der Waals surface area contributed by atoms with Crippen molar-refractivity contribution in [3.63, 3.8) is 0 Å². The van der Waals surface area contributed by atoms with Crippen LogP contribution in [0.4, 0.5) is 5.69 Å². The van der Waals surface area contributed by atoms with E-state index in [1.165, 1.54) is 24.3 Å². The van der Waals surface area contributed by atoms with E-state index in [9.17, 15) is 20.2 Å². The summed E-state index contributed by atoms with van der Waals surface area (Å²) in [6, 6.07) is 14.2. The number of nitriles is 1. The lowest BCUT2D eigenvalue weighted by molar-refractivity contribution is -0.384. The number of hydrogen-bond donors (Lipinski definition) is 0. The van der Waals surface area contributed by atoms with Crippen LogP contribution in [0.25, 0.3) is 22.1 Å². The Hall–Kier alpha value is -3.46. The van der Waals surface area contributed by atoms with E-state index >= 15 is 0 Å². The summed E-state index contributed by atoms with van der Waals surface area (Å²) in [5.41, 5.74) is 0.296. The number of benzene rings is 2. The average Bonchev–Trinajstić information content (AvgIpc) is 2.53. The van der Waals surface area contributed by atoms with Gasteiger partial charge in [0.25, 0.3) is 5.69 Å². The van der Waals surface area contributed by atoms with Gasteiger partial charge in [0.1, 0.15) is 11.7 Å². The summed E-state index contributed by atoms with van der Waals surface area (Å²) >= 11 is 0. The molecule has 0 fully saturated rings. The van der Waals surface area contributed by atoms with Crippen LogP contribution in [0.1, 0.15) is 5.56 Å². The maximum absolute atomic E-state index is 12.2. The molecule has 2 aromatic carbocycles. The van der Waals surface area contributed by atoms with Gasteiger partial charge >= 0.3 is 5.63 Å². The Kier molecular flexibility index (Phi) is 3.16. The lowest BCUT2D eigenvalue weighted by Crippen LogP contribution is -2.06. The molecule has 0 amide bonds. The summed E-state index contributed by atoms with van der Waals surface area (Å²) in [4.78, 5) is 22.3. The number of rotatable bonds is 2. The van der Waals surface area contributed by atoms with Gasteiger partial charge in [-0.25, -0.2) is 4.79 Å². The summed E-state index contributed by atoms with van der Waals surface area (Å²) in [5.74, 6) is 0. The molecule has 0 atom stereocenters. The van der Waals surface area contributed by atoms with Crippen molar-refractivity contribution in [1.29, 1.82) is 5.26 Å². The van der Waals surface area contributed by atoms with Crippen molar-refractivity contribution in [2.24, 2.45) is 0 Å². The van der Waals surface area contributed by atoms with E-state index in [0.29, 0.717) is 16.5 Å². The van der Waals surface area contributed by atoms with Crippen LogP contribution in [-0.2, 0) is 0 Å². The van der Waals surface area contributed by atoms with E-state index in [-0.39, 0.29) is 16.8 Å². The molecule has 0 N–H and O–H groups in total. The quantitative estimate of drug-likeness (QED) is 0.410. The SMILES string of the molecule is N#Cc1c(-c2ccc([N+](=O)[O-])cc2)c(=O)oc2ccccc12. The van der Waals surface area contributed by atoms with Gasteiger partial charge in [-0.1, -0.05) is 12.1 Å². The second-order valence-corrected chi connectivity index (χ2v) is 4.55. The van der Waals surface area contributed by atoms with Gasteiger partial charge in [0.2, 0.25) is 0 Å². The van der Waals surface area contributed by atoms with Gasteiger partial charge in [0.15, 0.2) is 0 Å². The number of fused-ring (bicyclic) bond motifs is 1. The van der Waals surface area contributed by atoms with Gasteiger partial charge in [-0.2, -0.15) is 5.26 Å². The highest BCUT2D eigenvalue weighted by molar-refractivity contribution is 5.89. The molecule has 106 valence electrons. The molecular weight excluding hydrogens is 284 g/mol.